The van der Waals surface area contributed by atoms with Crippen molar-refractivity contribution >= 4 is 0 Å². The monoisotopic (exact) mass is 161 g/mol. The van der Waals surface area contributed by atoms with Crippen LogP contribution in [-0.4, -0.2) is 17.8 Å². The third-order valence-electron chi connectivity index (χ3n) is 1.75. The third kappa shape index (κ3) is 3.71. The highest BCUT2D eigenvalue weighted by Crippen LogP contribution is 2.29. The molecule has 1 nitrogen and oxygen atoms in total. The first-order chi connectivity index (χ1) is 4.91. The lowest BCUT2D eigenvalue weighted by Crippen LogP contribution is -2.31. The largest absolute Gasteiger partial charge is 0.309 e. The van der Waals surface area contributed by atoms with E-state index in [0.717, 1.165) is 0 Å². The SMILES string of the molecule is CC.CC1(F)CNC(C)(C)C1. The molecule has 0 aromatic carbocycles. The molecule has 0 aromatic heterocycles. The van der Waals surface area contributed by atoms with Crippen molar-refractivity contribution in [3.63, 3.8) is 0 Å². The van der Waals surface area contributed by atoms with E-state index in [1.807, 2.05) is 27.7 Å². The summed E-state index contributed by atoms with van der Waals surface area (Å²) in [6.07, 6.45) is 0.625. The number of hydrogen-bond acceptors (Lipinski definition) is 1. The fourth-order valence-corrected chi connectivity index (χ4v) is 1.47. The van der Waals surface area contributed by atoms with Gasteiger partial charge in [0.15, 0.2) is 0 Å². The Morgan fingerprint density at radius 2 is 1.64 bits per heavy atom. The summed E-state index contributed by atoms with van der Waals surface area (Å²) in [6, 6.07) is 0. The summed E-state index contributed by atoms with van der Waals surface area (Å²) >= 11 is 0. The molecule has 68 valence electrons. The normalized spacial score (nSPS) is 34.4. The second-order valence-corrected chi connectivity index (χ2v) is 3.83. The van der Waals surface area contributed by atoms with E-state index in [4.69, 9.17) is 0 Å². The summed E-state index contributed by atoms with van der Waals surface area (Å²) in [6.45, 7) is 10.2. The minimum absolute atomic E-state index is 0.00347. The van der Waals surface area contributed by atoms with Crippen molar-refractivity contribution in [3.8, 4) is 0 Å². The lowest BCUT2D eigenvalue weighted by Gasteiger charge is -2.17. The fraction of sp³-hybridized carbons (Fsp3) is 1.00. The number of rotatable bonds is 0. The van der Waals surface area contributed by atoms with Crippen molar-refractivity contribution in [2.24, 2.45) is 0 Å². The molecule has 0 aliphatic carbocycles. The fourth-order valence-electron chi connectivity index (χ4n) is 1.47. The van der Waals surface area contributed by atoms with Crippen LogP contribution in [0.5, 0.6) is 0 Å². The minimum Gasteiger partial charge on any atom is -0.309 e. The van der Waals surface area contributed by atoms with Crippen LogP contribution < -0.4 is 5.32 Å². The molecular weight excluding hydrogens is 141 g/mol. The van der Waals surface area contributed by atoms with Gasteiger partial charge in [0.25, 0.3) is 0 Å². The van der Waals surface area contributed by atoms with Gasteiger partial charge < -0.3 is 5.32 Å². The Kier molecular flexibility index (Phi) is 3.49. The van der Waals surface area contributed by atoms with Gasteiger partial charge in [0.1, 0.15) is 5.67 Å². The molecule has 11 heavy (non-hydrogen) atoms. The summed E-state index contributed by atoms with van der Waals surface area (Å²) in [5.74, 6) is 0. The van der Waals surface area contributed by atoms with Crippen molar-refractivity contribution in [2.45, 2.75) is 52.2 Å². The molecule has 1 rings (SSSR count). The van der Waals surface area contributed by atoms with Crippen LogP contribution in [0, 0.1) is 0 Å². The number of nitrogens with one attached hydrogen (secondary N) is 1. The van der Waals surface area contributed by atoms with E-state index < -0.39 is 5.67 Å². The van der Waals surface area contributed by atoms with E-state index in [2.05, 4.69) is 5.32 Å². The van der Waals surface area contributed by atoms with E-state index >= 15 is 0 Å². The summed E-state index contributed by atoms with van der Waals surface area (Å²) in [7, 11) is 0. The van der Waals surface area contributed by atoms with Crippen molar-refractivity contribution in [1.82, 2.24) is 5.32 Å². The second-order valence-electron chi connectivity index (χ2n) is 3.83. The molecule has 1 aliphatic rings. The van der Waals surface area contributed by atoms with Gasteiger partial charge in [-0.2, -0.15) is 0 Å². The van der Waals surface area contributed by atoms with Crippen LogP contribution in [0.2, 0.25) is 0 Å². The molecule has 1 aliphatic heterocycles. The molecule has 1 N–H and O–H groups in total. The molecular formula is C9H20FN. The molecule has 1 atom stereocenters. The first kappa shape index (κ1) is 10.9. The number of alkyl halides is 1. The van der Waals surface area contributed by atoms with Crippen LogP contribution in [-0.2, 0) is 0 Å². The van der Waals surface area contributed by atoms with Gasteiger partial charge in [0, 0.05) is 18.5 Å². The molecule has 1 saturated heterocycles. The Bertz CT molecular complexity index is 105. The molecule has 2 heteroatoms. The molecule has 0 aromatic rings. The Morgan fingerprint density at radius 3 is 1.73 bits per heavy atom. The highest BCUT2D eigenvalue weighted by molar-refractivity contribution is 4.97. The predicted octanol–water partition coefficient (Wildman–Crippen LogP) is 2.51. The van der Waals surface area contributed by atoms with E-state index in [1.54, 1.807) is 6.92 Å². The Morgan fingerprint density at radius 1 is 1.18 bits per heavy atom. The zero-order valence-corrected chi connectivity index (χ0v) is 8.29. The second kappa shape index (κ2) is 3.53. The number of hydrogen-bond donors (Lipinski definition) is 1. The van der Waals surface area contributed by atoms with Gasteiger partial charge in [-0.15, -0.1) is 0 Å². The molecule has 0 spiro atoms. The van der Waals surface area contributed by atoms with Crippen LogP contribution in [0.25, 0.3) is 0 Å². The van der Waals surface area contributed by atoms with Crippen LogP contribution in [0.4, 0.5) is 4.39 Å². The standard InChI is InChI=1S/C7H14FN.C2H6/c1-6(2)4-7(3,8)5-9-6;1-2/h9H,4-5H2,1-3H3;1-2H3. The van der Waals surface area contributed by atoms with E-state index in [-0.39, 0.29) is 5.54 Å². The highest BCUT2D eigenvalue weighted by Gasteiger charge is 2.39. The lowest BCUT2D eigenvalue weighted by atomic mass is 9.96. The lowest BCUT2D eigenvalue weighted by molar-refractivity contribution is 0.206. The van der Waals surface area contributed by atoms with Gasteiger partial charge in [0.05, 0.1) is 0 Å². The van der Waals surface area contributed by atoms with Crippen LogP contribution >= 0.6 is 0 Å². The van der Waals surface area contributed by atoms with E-state index in [1.165, 1.54) is 0 Å². The van der Waals surface area contributed by atoms with Crippen molar-refractivity contribution in [3.05, 3.63) is 0 Å². The summed E-state index contributed by atoms with van der Waals surface area (Å²) < 4.78 is 13.0. The van der Waals surface area contributed by atoms with Gasteiger partial charge in [0.2, 0.25) is 0 Å². The summed E-state index contributed by atoms with van der Waals surface area (Å²) in [5, 5.41) is 3.11. The zero-order chi connectivity index (χ0) is 9.12. The van der Waals surface area contributed by atoms with Gasteiger partial charge in [-0.25, -0.2) is 4.39 Å². The minimum atomic E-state index is -0.983. The average Bonchev–Trinajstić information content (AvgIpc) is 2.10. The summed E-state index contributed by atoms with van der Waals surface area (Å²) in [5.41, 5.74) is -0.979. The first-order valence-corrected chi connectivity index (χ1v) is 4.35. The Hall–Kier alpha value is -0.110. The van der Waals surface area contributed by atoms with Crippen LogP contribution in [0.1, 0.15) is 41.0 Å². The van der Waals surface area contributed by atoms with Crippen molar-refractivity contribution in [1.29, 1.82) is 0 Å². The van der Waals surface area contributed by atoms with Crippen molar-refractivity contribution in [2.75, 3.05) is 6.54 Å². The van der Waals surface area contributed by atoms with Gasteiger partial charge in [-0.05, 0) is 20.8 Å². The van der Waals surface area contributed by atoms with Crippen LogP contribution in [0.15, 0.2) is 0 Å². The molecule has 1 fully saturated rings. The molecule has 1 heterocycles. The maximum Gasteiger partial charge on any atom is 0.122 e. The van der Waals surface area contributed by atoms with Gasteiger partial charge >= 0.3 is 0 Å². The van der Waals surface area contributed by atoms with Gasteiger partial charge in [-0.1, -0.05) is 13.8 Å². The molecule has 0 radical (unpaired) electrons. The Labute approximate surface area is 69.4 Å². The molecule has 0 bridgehead atoms. The molecule has 0 amide bonds. The van der Waals surface area contributed by atoms with E-state index in [9.17, 15) is 4.39 Å². The topological polar surface area (TPSA) is 12.0 Å². The van der Waals surface area contributed by atoms with E-state index in [0.29, 0.717) is 13.0 Å². The van der Waals surface area contributed by atoms with Crippen LogP contribution in [0.3, 0.4) is 0 Å². The summed E-state index contributed by atoms with van der Waals surface area (Å²) in [4.78, 5) is 0. The third-order valence-corrected chi connectivity index (χ3v) is 1.75. The average molecular weight is 161 g/mol. The Balaban J connectivity index is 0.000000461. The zero-order valence-electron chi connectivity index (χ0n) is 8.29. The quantitative estimate of drug-likeness (QED) is 0.575. The van der Waals surface area contributed by atoms with Crippen molar-refractivity contribution < 1.29 is 4.39 Å². The highest BCUT2D eigenvalue weighted by atomic mass is 19.1. The number of halogens is 1. The smallest absolute Gasteiger partial charge is 0.122 e. The maximum atomic E-state index is 13.0. The molecule has 0 saturated carbocycles. The first-order valence-electron chi connectivity index (χ1n) is 4.35. The predicted molar refractivity (Wildman–Crippen MR) is 47.6 cm³/mol. The molecule has 1 unspecified atom stereocenters. The van der Waals surface area contributed by atoms with Gasteiger partial charge in [-0.3, -0.25) is 0 Å². The maximum absolute atomic E-state index is 13.0.